The molecule has 0 fully saturated rings. The minimum absolute atomic E-state index is 0.314. The minimum Gasteiger partial charge on any atom is -0.478 e. The standard InChI is InChI=1S/C20H38O4/c1-4-5-6-7-8-9-10-11-12-13-14-15-16-17-18(21)24-20(2,3)19(22)23/h4-17H2,1-3H3,(H,22,23). The molecule has 0 bridgehead atoms. The number of unbranched alkanes of at least 4 members (excludes halogenated alkanes) is 12. The Morgan fingerprint density at radius 3 is 1.50 bits per heavy atom. The van der Waals surface area contributed by atoms with Crippen LogP contribution in [-0.2, 0) is 14.3 Å². The van der Waals surface area contributed by atoms with Crippen molar-refractivity contribution in [3.05, 3.63) is 0 Å². The highest BCUT2D eigenvalue weighted by Gasteiger charge is 2.31. The molecule has 0 aromatic rings. The molecule has 0 saturated heterocycles. The average molecular weight is 343 g/mol. The molecular weight excluding hydrogens is 304 g/mol. The van der Waals surface area contributed by atoms with Crippen LogP contribution < -0.4 is 0 Å². The molecule has 0 amide bonds. The number of carboxylic acid groups (broad SMARTS) is 1. The fourth-order valence-corrected chi connectivity index (χ4v) is 2.67. The van der Waals surface area contributed by atoms with E-state index >= 15 is 0 Å². The lowest BCUT2D eigenvalue weighted by Crippen LogP contribution is -2.36. The van der Waals surface area contributed by atoms with Crippen LogP contribution in [0.15, 0.2) is 0 Å². The van der Waals surface area contributed by atoms with Gasteiger partial charge in [-0.2, -0.15) is 0 Å². The van der Waals surface area contributed by atoms with Crippen molar-refractivity contribution in [3.63, 3.8) is 0 Å². The van der Waals surface area contributed by atoms with Gasteiger partial charge in [0.2, 0.25) is 5.60 Å². The highest BCUT2D eigenvalue weighted by Crippen LogP contribution is 2.15. The molecule has 0 saturated carbocycles. The van der Waals surface area contributed by atoms with Gasteiger partial charge in [-0.3, -0.25) is 4.79 Å². The first-order chi connectivity index (χ1) is 11.4. The van der Waals surface area contributed by atoms with Crippen LogP contribution in [0.25, 0.3) is 0 Å². The van der Waals surface area contributed by atoms with Crippen LogP contribution in [0.2, 0.25) is 0 Å². The number of hydrogen-bond acceptors (Lipinski definition) is 3. The van der Waals surface area contributed by atoms with Gasteiger partial charge in [-0.1, -0.05) is 84.0 Å². The Hall–Kier alpha value is -1.06. The quantitative estimate of drug-likeness (QED) is 0.281. The molecule has 0 aromatic heterocycles. The smallest absolute Gasteiger partial charge is 0.347 e. The second kappa shape index (κ2) is 14.3. The predicted molar refractivity (Wildman–Crippen MR) is 98.1 cm³/mol. The van der Waals surface area contributed by atoms with Crippen LogP contribution in [0.1, 0.15) is 111 Å². The normalized spacial score (nSPS) is 11.5. The summed E-state index contributed by atoms with van der Waals surface area (Å²) < 4.78 is 4.97. The molecular formula is C20H38O4. The van der Waals surface area contributed by atoms with Gasteiger partial charge in [0, 0.05) is 6.42 Å². The Balaban J connectivity index is 3.33. The summed E-state index contributed by atoms with van der Waals surface area (Å²) in [5.41, 5.74) is -1.42. The molecule has 0 unspecified atom stereocenters. The zero-order valence-electron chi connectivity index (χ0n) is 16.1. The van der Waals surface area contributed by atoms with Crippen molar-refractivity contribution in [2.45, 2.75) is 116 Å². The summed E-state index contributed by atoms with van der Waals surface area (Å²) >= 11 is 0. The summed E-state index contributed by atoms with van der Waals surface area (Å²) in [5, 5.41) is 8.90. The Kier molecular flexibility index (Phi) is 13.7. The average Bonchev–Trinajstić information content (AvgIpc) is 2.51. The number of hydrogen-bond donors (Lipinski definition) is 1. The fraction of sp³-hybridized carbons (Fsp3) is 0.900. The molecule has 4 heteroatoms. The van der Waals surface area contributed by atoms with E-state index in [2.05, 4.69) is 6.92 Å². The van der Waals surface area contributed by atoms with Gasteiger partial charge in [0.15, 0.2) is 0 Å². The molecule has 0 aliphatic carbocycles. The minimum atomic E-state index is -1.42. The fourth-order valence-electron chi connectivity index (χ4n) is 2.67. The summed E-state index contributed by atoms with van der Waals surface area (Å²) in [4.78, 5) is 22.4. The third kappa shape index (κ3) is 13.4. The Labute approximate surface area is 148 Å². The van der Waals surface area contributed by atoms with E-state index in [0.29, 0.717) is 6.42 Å². The monoisotopic (exact) mass is 342 g/mol. The first-order valence-corrected chi connectivity index (χ1v) is 9.85. The van der Waals surface area contributed by atoms with Gasteiger partial charge < -0.3 is 9.84 Å². The van der Waals surface area contributed by atoms with Gasteiger partial charge in [0.05, 0.1) is 0 Å². The van der Waals surface area contributed by atoms with E-state index in [-0.39, 0.29) is 0 Å². The molecule has 0 aromatic carbocycles. The van der Waals surface area contributed by atoms with Crippen molar-refractivity contribution in [1.29, 1.82) is 0 Å². The molecule has 1 N–H and O–H groups in total. The number of esters is 1. The van der Waals surface area contributed by atoms with Crippen molar-refractivity contribution in [2.75, 3.05) is 0 Å². The Morgan fingerprint density at radius 1 is 0.750 bits per heavy atom. The summed E-state index contributed by atoms with van der Waals surface area (Å²) in [5.74, 6) is -1.52. The zero-order chi connectivity index (χ0) is 18.3. The predicted octanol–water partition coefficient (Wildman–Crippen LogP) is 5.87. The van der Waals surface area contributed by atoms with Gasteiger partial charge >= 0.3 is 11.9 Å². The second-order valence-corrected chi connectivity index (χ2v) is 7.28. The van der Waals surface area contributed by atoms with Gasteiger partial charge in [0.1, 0.15) is 0 Å². The van der Waals surface area contributed by atoms with Crippen molar-refractivity contribution in [1.82, 2.24) is 0 Å². The van der Waals surface area contributed by atoms with E-state index in [4.69, 9.17) is 9.84 Å². The number of aliphatic carboxylic acids is 1. The third-order valence-electron chi connectivity index (χ3n) is 4.37. The topological polar surface area (TPSA) is 63.6 Å². The number of rotatable bonds is 16. The van der Waals surface area contributed by atoms with Gasteiger partial charge in [0.25, 0.3) is 0 Å². The number of carboxylic acids is 1. The molecule has 4 nitrogen and oxygen atoms in total. The number of carbonyl (C=O) groups is 2. The molecule has 24 heavy (non-hydrogen) atoms. The lowest BCUT2D eigenvalue weighted by atomic mass is 10.0. The Morgan fingerprint density at radius 2 is 1.12 bits per heavy atom. The van der Waals surface area contributed by atoms with Crippen LogP contribution in [0.4, 0.5) is 0 Å². The van der Waals surface area contributed by atoms with Crippen LogP contribution in [0, 0.1) is 0 Å². The first kappa shape index (κ1) is 22.9. The largest absolute Gasteiger partial charge is 0.478 e. The summed E-state index contributed by atoms with van der Waals surface area (Å²) in [7, 11) is 0. The number of carbonyl (C=O) groups excluding carboxylic acids is 1. The summed E-state index contributed by atoms with van der Waals surface area (Å²) in [6.45, 7) is 5.05. The second-order valence-electron chi connectivity index (χ2n) is 7.28. The van der Waals surface area contributed by atoms with Crippen molar-refractivity contribution < 1.29 is 19.4 Å². The molecule has 0 heterocycles. The molecule has 142 valence electrons. The van der Waals surface area contributed by atoms with Crippen molar-refractivity contribution >= 4 is 11.9 Å². The van der Waals surface area contributed by atoms with Gasteiger partial charge in [-0.15, -0.1) is 0 Å². The van der Waals surface area contributed by atoms with Crippen molar-refractivity contribution in [3.8, 4) is 0 Å². The van der Waals surface area contributed by atoms with Gasteiger partial charge in [-0.05, 0) is 20.3 Å². The summed E-state index contributed by atoms with van der Waals surface area (Å²) in [6, 6.07) is 0. The maximum Gasteiger partial charge on any atom is 0.347 e. The van der Waals surface area contributed by atoms with Crippen LogP contribution >= 0.6 is 0 Å². The van der Waals surface area contributed by atoms with Crippen LogP contribution in [0.3, 0.4) is 0 Å². The highest BCUT2D eigenvalue weighted by molar-refractivity contribution is 5.81. The lowest BCUT2D eigenvalue weighted by molar-refractivity contribution is -0.174. The van der Waals surface area contributed by atoms with E-state index in [9.17, 15) is 9.59 Å². The molecule has 0 rings (SSSR count). The SMILES string of the molecule is CCCCCCCCCCCCCCCC(=O)OC(C)(C)C(=O)O. The van der Waals surface area contributed by atoms with E-state index in [1.165, 1.54) is 78.1 Å². The molecule has 0 spiro atoms. The van der Waals surface area contributed by atoms with E-state index in [1.807, 2.05) is 0 Å². The number of ether oxygens (including phenoxy) is 1. The molecule has 0 atom stereocenters. The zero-order valence-corrected chi connectivity index (χ0v) is 16.1. The Bertz CT molecular complexity index is 337. The van der Waals surface area contributed by atoms with E-state index < -0.39 is 17.5 Å². The van der Waals surface area contributed by atoms with E-state index in [1.54, 1.807) is 0 Å². The maximum atomic E-state index is 11.6. The van der Waals surface area contributed by atoms with Crippen LogP contribution in [0.5, 0.6) is 0 Å². The molecule has 0 aliphatic rings. The first-order valence-electron chi connectivity index (χ1n) is 9.85. The van der Waals surface area contributed by atoms with Gasteiger partial charge in [-0.25, -0.2) is 4.79 Å². The molecule has 0 aliphatic heterocycles. The van der Waals surface area contributed by atoms with Crippen LogP contribution in [-0.4, -0.2) is 22.6 Å². The highest BCUT2D eigenvalue weighted by atomic mass is 16.6. The maximum absolute atomic E-state index is 11.6. The lowest BCUT2D eigenvalue weighted by Gasteiger charge is -2.19. The van der Waals surface area contributed by atoms with E-state index in [0.717, 1.165) is 19.3 Å². The molecule has 0 radical (unpaired) electrons. The third-order valence-corrected chi connectivity index (χ3v) is 4.37. The summed E-state index contributed by atoms with van der Waals surface area (Å²) in [6.07, 6.45) is 16.7. The van der Waals surface area contributed by atoms with Crippen molar-refractivity contribution in [2.24, 2.45) is 0 Å².